The largest absolute Gasteiger partial charge is 0.416 e. The first-order valence-electron chi connectivity index (χ1n) is 12.2. The highest BCUT2D eigenvalue weighted by molar-refractivity contribution is 7.10. The van der Waals surface area contributed by atoms with E-state index in [4.69, 9.17) is 5.73 Å². The number of halogens is 3. The van der Waals surface area contributed by atoms with Gasteiger partial charge in [-0.15, -0.1) is 11.3 Å². The van der Waals surface area contributed by atoms with Crippen molar-refractivity contribution in [3.8, 4) is 0 Å². The average molecular weight is 534 g/mol. The second-order valence-electron chi connectivity index (χ2n) is 9.54. The second-order valence-corrected chi connectivity index (χ2v) is 10.5. The second kappa shape index (κ2) is 12.6. The Hall–Kier alpha value is -2.82. The molecule has 1 aliphatic heterocycles. The van der Waals surface area contributed by atoms with Crippen molar-refractivity contribution < 1.29 is 18.0 Å². The summed E-state index contributed by atoms with van der Waals surface area (Å²) in [5, 5.41) is 1.99. The quantitative estimate of drug-likeness (QED) is 0.399. The van der Waals surface area contributed by atoms with Crippen LogP contribution in [-0.4, -0.2) is 46.2 Å². The molecule has 0 radical (unpaired) electrons. The van der Waals surface area contributed by atoms with Gasteiger partial charge in [0, 0.05) is 60.0 Å². The zero-order valence-corrected chi connectivity index (χ0v) is 22.5. The molecule has 37 heavy (non-hydrogen) atoms. The number of aromatic nitrogens is 2. The van der Waals surface area contributed by atoms with Crippen LogP contribution < -0.4 is 5.73 Å². The maximum absolute atomic E-state index is 12.7. The van der Waals surface area contributed by atoms with Gasteiger partial charge in [0.1, 0.15) is 0 Å². The number of anilines is 1. The van der Waals surface area contributed by atoms with Crippen LogP contribution >= 0.6 is 11.3 Å². The Balaban J connectivity index is 0.000000209. The van der Waals surface area contributed by atoms with E-state index < -0.39 is 11.7 Å². The van der Waals surface area contributed by atoms with Crippen molar-refractivity contribution in [1.82, 2.24) is 19.8 Å². The normalized spacial score (nSPS) is 13.7. The maximum atomic E-state index is 12.7. The monoisotopic (exact) mass is 533 g/mol. The van der Waals surface area contributed by atoms with Crippen LogP contribution in [0.4, 0.5) is 19.1 Å². The molecule has 3 aromatic rings. The smallest absolute Gasteiger partial charge is 0.368 e. The predicted octanol–water partition coefficient (Wildman–Crippen LogP) is 5.60. The van der Waals surface area contributed by atoms with Crippen LogP contribution in [0.15, 0.2) is 36.0 Å². The van der Waals surface area contributed by atoms with E-state index in [1.54, 1.807) is 30.7 Å². The number of benzene rings is 1. The van der Waals surface area contributed by atoms with Gasteiger partial charge in [0.05, 0.1) is 5.56 Å². The molecule has 6 nitrogen and oxygen atoms in total. The van der Waals surface area contributed by atoms with Crippen molar-refractivity contribution in [2.75, 3.05) is 26.4 Å². The van der Waals surface area contributed by atoms with E-state index in [1.807, 2.05) is 37.4 Å². The van der Waals surface area contributed by atoms with Crippen LogP contribution in [0.2, 0.25) is 0 Å². The molecule has 4 rings (SSSR count). The zero-order valence-electron chi connectivity index (χ0n) is 21.7. The van der Waals surface area contributed by atoms with Gasteiger partial charge in [-0.1, -0.05) is 19.4 Å². The van der Waals surface area contributed by atoms with Gasteiger partial charge in [0.15, 0.2) is 5.78 Å². The zero-order chi connectivity index (χ0) is 27.2. The first-order chi connectivity index (χ1) is 17.5. The van der Waals surface area contributed by atoms with E-state index >= 15 is 0 Å². The van der Waals surface area contributed by atoms with Gasteiger partial charge < -0.3 is 10.6 Å². The van der Waals surface area contributed by atoms with Crippen LogP contribution in [0.3, 0.4) is 0 Å². The molecule has 2 N–H and O–H groups in total. The van der Waals surface area contributed by atoms with E-state index in [0.29, 0.717) is 24.5 Å². The minimum atomic E-state index is -4.26. The van der Waals surface area contributed by atoms with Crippen molar-refractivity contribution in [1.29, 1.82) is 0 Å². The fourth-order valence-corrected chi connectivity index (χ4v) is 5.51. The number of carbonyl (C=O) groups excluding carboxylic acids is 1. The van der Waals surface area contributed by atoms with Gasteiger partial charge in [-0.05, 0) is 62.7 Å². The highest BCUT2D eigenvalue weighted by Crippen LogP contribution is 2.31. The number of rotatable bonds is 7. The summed E-state index contributed by atoms with van der Waals surface area (Å²) in [5.41, 5.74) is 9.63. The lowest BCUT2D eigenvalue weighted by Crippen LogP contribution is -2.29. The van der Waals surface area contributed by atoms with Crippen LogP contribution in [0, 0.1) is 0 Å². The molecule has 0 fully saturated rings. The molecule has 0 saturated heterocycles. The third-order valence-electron chi connectivity index (χ3n) is 5.95. The van der Waals surface area contributed by atoms with E-state index in [0.717, 1.165) is 49.2 Å². The molecule has 0 saturated carbocycles. The van der Waals surface area contributed by atoms with Gasteiger partial charge >= 0.3 is 6.18 Å². The van der Waals surface area contributed by atoms with Crippen LogP contribution in [0.1, 0.15) is 63.3 Å². The molecular weight excluding hydrogens is 499 g/mol. The standard InChI is InChI=1S/C14H16N4OS.C13H18F3N/c1-9(19)12-8-20-13-7-18(3-2-11(12)13)6-10-4-16-14(15)17-5-10;1-4-5-10-6-11(9-17(2)3)8-12(7-10)13(14,15)16/h4-5,8H,2-3,6-7H2,1H3,(H2,15,16,17);6-8H,4-5,9H2,1-3H3. The lowest BCUT2D eigenvalue weighted by Gasteiger charge is -2.26. The molecule has 0 atom stereocenters. The van der Waals surface area contributed by atoms with Gasteiger partial charge in [0.25, 0.3) is 0 Å². The Morgan fingerprint density at radius 1 is 1.14 bits per heavy atom. The minimum Gasteiger partial charge on any atom is -0.368 e. The molecule has 200 valence electrons. The topological polar surface area (TPSA) is 75.3 Å². The fraction of sp³-hybridized carbons (Fsp3) is 0.444. The Labute approximate surface area is 220 Å². The third-order valence-corrected chi connectivity index (χ3v) is 6.97. The number of ketones is 1. The molecule has 0 bridgehead atoms. The van der Waals surface area contributed by atoms with Gasteiger partial charge in [-0.2, -0.15) is 13.2 Å². The molecule has 1 aromatic carbocycles. The number of hydrogen-bond donors (Lipinski definition) is 1. The first-order valence-corrected chi connectivity index (χ1v) is 13.1. The highest BCUT2D eigenvalue weighted by Gasteiger charge is 2.31. The number of Topliss-reactive ketones (excluding diaryl/α,β-unsaturated/α-hetero) is 1. The number of aryl methyl sites for hydroxylation is 1. The molecule has 0 amide bonds. The minimum absolute atomic E-state index is 0.169. The van der Waals surface area contributed by atoms with Crippen molar-refractivity contribution in [2.45, 2.75) is 58.9 Å². The number of fused-ring (bicyclic) bond motifs is 1. The summed E-state index contributed by atoms with van der Waals surface area (Å²) in [6, 6.07) is 4.35. The molecule has 0 spiro atoms. The summed E-state index contributed by atoms with van der Waals surface area (Å²) in [6.45, 7) is 6.78. The summed E-state index contributed by atoms with van der Waals surface area (Å²) >= 11 is 1.68. The molecule has 2 aromatic heterocycles. The van der Waals surface area contributed by atoms with Gasteiger partial charge in [-0.25, -0.2) is 9.97 Å². The number of nitrogens with two attached hydrogens (primary N) is 1. The molecule has 10 heteroatoms. The summed E-state index contributed by atoms with van der Waals surface area (Å²) in [4.78, 5) is 25.1. The van der Waals surface area contributed by atoms with Crippen LogP contribution in [0.5, 0.6) is 0 Å². The number of thiophene rings is 1. The number of carbonyl (C=O) groups is 1. The highest BCUT2D eigenvalue weighted by atomic mass is 32.1. The fourth-order valence-electron chi connectivity index (χ4n) is 4.33. The number of alkyl halides is 3. The average Bonchev–Trinajstić information content (AvgIpc) is 3.24. The molecule has 0 unspecified atom stereocenters. The first kappa shape index (κ1) is 28.7. The SMILES string of the molecule is CC(=O)c1csc2c1CCN(Cc1cnc(N)nc1)C2.CCCc1cc(CN(C)C)cc(C(F)(F)F)c1. The maximum Gasteiger partial charge on any atom is 0.416 e. The Morgan fingerprint density at radius 2 is 1.81 bits per heavy atom. The van der Waals surface area contributed by atoms with E-state index in [-0.39, 0.29) is 5.78 Å². The number of nitrogen functional groups attached to an aromatic ring is 1. The molecule has 1 aliphatic rings. The van der Waals surface area contributed by atoms with Crippen LogP contribution in [0.25, 0.3) is 0 Å². The lowest BCUT2D eigenvalue weighted by atomic mass is 10.0. The summed E-state index contributed by atoms with van der Waals surface area (Å²) in [6.07, 6.45) is 1.75. The van der Waals surface area contributed by atoms with Crippen molar-refractivity contribution in [2.24, 2.45) is 0 Å². The van der Waals surface area contributed by atoms with E-state index in [1.165, 1.54) is 22.6 Å². The Kier molecular flexibility index (Phi) is 9.80. The van der Waals surface area contributed by atoms with Crippen molar-refractivity contribution in [3.05, 3.63) is 74.2 Å². The third kappa shape index (κ3) is 8.34. The predicted molar refractivity (Wildman–Crippen MR) is 141 cm³/mol. The summed E-state index contributed by atoms with van der Waals surface area (Å²) < 4.78 is 38.1. The summed E-state index contributed by atoms with van der Waals surface area (Å²) in [5.74, 6) is 0.474. The van der Waals surface area contributed by atoms with Crippen molar-refractivity contribution >= 4 is 23.1 Å². The summed E-state index contributed by atoms with van der Waals surface area (Å²) in [7, 11) is 3.69. The molecule has 3 heterocycles. The van der Waals surface area contributed by atoms with Crippen LogP contribution in [-0.2, 0) is 38.7 Å². The van der Waals surface area contributed by atoms with E-state index in [9.17, 15) is 18.0 Å². The van der Waals surface area contributed by atoms with Gasteiger partial charge in [0.2, 0.25) is 5.95 Å². The molecule has 0 aliphatic carbocycles. The lowest BCUT2D eigenvalue weighted by molar-refractivity contribution is -0.137. The van der Waals surface area contributed by atoms with Gasteiger partial charge in [-0.3, -0.25) is 9.69 Å². The molecular formula is C27H34F3N5OS. The number of nitrogens with zero attached hydrogens (tertiary/aromatic N) is 4. The Morgan fingerprint density at radius 3 is 2.41 bits per heavy atom. The Bertz CT molecular complexity index is 1190. The van der Waals surface area contributed by atoms with Crippen molar-refractivity contribution in [3.63, 3.8) is 0 Å². The number of hydrogen-bond acceptors (Lipinski definition) is 7. The van der Waals surface area contributed by atoms with E-state index in [2.05, 4.69) is 14.9 Å².